The molecule has 3 heterocycles. The van der Waals surface area contributed by atoms with Gasteiger partial charge in [0.1, 0.15) is 22.5 Å². The zero-order valence-electron chi connectivity index (χ0n) is 18.8. The lowest BCUT2D eigenvalue weighted by Crippen LogP contribution is -2.27. The molecule has 0 saturated heterocycles. The van der Waals surface area contributed by atoms with E-state index < -0.39 is 6.09 Å². The molecule has 0 aromatic carbocycles. The quantitative estimate of drug-likeness (QED) is 0.501. The Balaban J connectivity index is 1.28. The van der Waals surface area contributed by atoms with Crippen molar-refractivity contribution in [3.8, 4) is 6.07 Å². The van der Waals surface area contributed by atoms with Crippen LogP contribution in [0.5, 0.6) is 0 Å². The first-order chi connectivity index (χ1) is 16.5. The molecule has 1 aliphatic carbocycles. The molecule has 0 aliphatic heterocycles. The molecule has 34 heavy (non-hydrogen) atoms. The minimum Gasteiger partial charge on any atom is -0.449 e. The highest BCUT2D eigenvalue weighted by Crippen LogP contribution is 2.39. The minimum absolute atomic E-state index is 0.127. The van der Waals surface area contributed by atoms with E-state index in [1.165, 1.54) is 11.3 Å². The zero-order chi connectivity index (χ0) is 23.9. The van der Waals surface area contributed by atoms with Crippen LogP contribution in [-0.4, -0.2) is 28.7 Å². The first kappa shape index (κ1) is 23.4. The fourth-order valence-electron chi connectivity index (χ4n) is 3.90. The Kier molecular flexibility index (Phi) is 7.54. The van der Waals surface area contributed by atoms with Gasteiger partial charge in [-0.25, -0.2) is 4.79 Å². The van der Waals surface area contributed by atoms with E-state index >= 15 is 0 Å². The smallest absolute Gasteiger partial charge is 0.407 e. The Morgan fingerprint density at radius 1 is 1.41 bits per heavy atom. The molecule has 4 rings (SSSR count). The van der Waals surface area contributed by atoms with Crippen molar-refractivity contribution in [2.24, 2.45) is 5.92 Å². The number of anilines is 1. The predicted octanol–water partition coefficient (Wildman–Crippen LogP) is 3.91. The van der Waals surface area contributed by atoms with E-state index in [2.05, 4.69) is 26.8 Å². The standard InChI is InChI=1S/C24H25N5O4S/c1-15-9-18(29-33-15)13-27-24(31)32-14-17-4-6-19-20(11-25)23(34-21(19)10-17)28-22(30)7-5-16-3-2-8-26-12-16/h2-3,8-9,12,17H,4-7,10,13-14H2,1H3,(H,27,31)(H,28,30). The summed E-state index contributed by atoms with van der Waals surface area (Å²) in [5.74, 6) is 0.713. The molecule has 3 aromatic rings. The van der Waals surface area contributed by atoms with Gasteiger partial charge in [0.05, 0.1) is 18.7 Å². The van der Waals surface area contributed by atoms with Crippen molar-refractivity contribution in [3.63, 3.8) is 0 Å². The molecule has 9 nitrogen and oxygen atoms in total. The lowest BCUT2D eigenvalue weighted by molar-refractivity contribution is -0.116. The molecule has 0 radical (unpaired) electrons. The number of hydrogen-bond donors (Lipinski definition) is 2. The summed E-state index contributed by atoms with van der Waals surface area (Å²) in [5.41, 5.74) is 3.17. The van der Waals surface area contributed by atoms with Gasteiger partial charge in [-0.05, 0) is 55.7 Å². The highest BCUT2D eigenvalue weighted by atomic mass is 32.1. The summed E-state index contributed by atoms with van der Waals surface area (Å²) in [6, 6.07) is 7.79. The second kappa shape index (κ2) is 10.9. The maximum Gasteiger partial charge on any atom is 0.407 e. The number of hydrogen-bond acceptors (Lipinski definition) is 8. The molecule has 1 aliphatic rings. The molecule has 0 fully saturated rings. The maximum atomic E-state index is 12.5. The molecule has 2 N–H and O–H groups in total. The van der Waals surface area contributed by atoms with Crippen molar-refractivity contribution in [1.29, 1.82) is 5.26 Å². The summed E-state index contributed by atoms with van der Waals surface area (Å²) in [7, 11) is 0. The number of ether oxygens (including phenoxy) is 1. The molecule has 0 spiro atoms. The maximum absolute atomic E-state index is 12.5. The number of thiophene rings is 1. The van der Waals surface area contributed by atoms with Crippen LogP contribution in [0.25, 0.3) is 0 Å². The summed E-state index contributed by atoms with van der Waals surface area (Å²) in [6.07, 6.45) is 6.08. The van der Waals surface area contributed by atoms with Gasteiger partial charge >= 0.3 is 6.09 Å². The first-order valence-corrected chi connectivity index (χ1v) is 11.9. The molecule has 2 amide bonds. The van der Waals surface area contributed by atoms with E-state index in [9.17, 15) is 14.9 Å². The van der Waals surface area contributed by atoms with Crippen molar-refractivity contribution in [3.05, 3.63) is 63.6 Å². The fourth-order valence-corrected chi connectivity index (χ4v) is 5.23. The van der Waals surface area contributed by atoms with Crippen LogP contribution >= 0.6 is 11.3 Å². The van der Waals surface area contributed by atoms with E-state index in [4.69, 9.17) is 9.26 Å². The van der Waals surface area contributed by atoms with E-state index in [1.807, 2.05) is 12.1 Å². The normalized spacial score (nSPS) is 14.6. The van der Waals surface area contributed by atoms with Gasteiger partial charge in [0, 0.05) is 29.8 Å². The fraction of sp³-hybridized carbons (Fsp3) is 0.375. The summed E-state index contributed by atoms with van der Waals surface area (Å²) in [6.45, 7) is 2.31. The number of alkyl carbamates (subject to hydrolysis) is 1. The molecule has 1 atom stereocenters. The topological polar surface area (TPSA) is 130 Å². The van der Waals surface area contributed by atoms with E-state index in [1.54, 1.807) is 25.4 Å². The molecule has 3 aromatic heterocycles. The number of amides is 2. The highest BCUT2D eigenvalue weighted by molar-refractivity contribution is 7.16. The third kappa shape index (κ3) is 5.99. The molecule has 10 heteroatoms. The molecule has 0 bridgehead atoms. The Labute approximate surface area is 201 Å². The Hall–Kier alpha value is -3.71. The van der Waals surface area contributed by atoms with Gasteiger partial charge in [-0.3, -0.25) is 9.78 Å². The SMILES string of the molecule is Cc1cc(CNC(=O)OCC2CCc3c(sc(NC(=O)CCc4cccnc4)c3C#N)C2)no1. The third-order valence-electron chi connectivity index (χ3n) is 5.64. The lowest BCUT2D eigenvalue weighted by Gasteiger charge is -2.21. The van der Waals surface area contributed by atoms with Gasteiger partial charge in [0.25, 0.3) is 0 Å². The molecular weight excluding hydrogens is 454 g/mol. The van der Waals surface area contributed by atoms with Crippen molar-refractivity contribution in [1.82, 2.24) is 15.5 Å². The molecule has 176 valence electrons. The van der Waals surface area contributed by atoms with Crippen LogP contribution < -0.4 is 10.6 Å². The van der Waals surface area contributed by atoms with Crippen molar-refractivity contribution in [2.45, 2.75) is 45.6 Å². The highest BCUT2D eigenvalue weighted by Gasteiger charge is 2.27. The van der Waals surface area contributed by atoms with Gasteiger partial charge in [0.2, 0.25) is 5.91 Å². The van der Waals surface area contributed by atoms with E-state index in [0.29, 0.717) is 47.7 Å². The predicted molar refractivity (Wildman–Crippen MR) is 125 cm³/mol. The van der Waals surface area contributed by atoms with Crippen LogP contribution in [0.3, 0.4) is 0 Å². The number of nitrogens with one attached hydrogen (secondary N) is 2. The largest absolute Gasteiger partial charge is 0.449 e. The van der Waals surface area contributed by atoms with Crippen molar-refractivity contribution >= 4 is 28.3 Å². The van der Waals surface area contributed by atoms with Crippen LogP contribution in [0.1, 0.15) is 45.9 Å². The van der Waals surface area contributed by atoms with Crippen molar-refractivity contribution in [2.75, 3.05) is 11.9 Å². The average Bonchev–Trinajstić information content (AvgIpc) is 3.42. The second-order valence-electron chi connectivity index (χ2n) is 8.22. The zero-order valence-corrected chi connectivity index (χ0v) is 19.6. The summed E-state index contributed by atoms with van der Waals surface area (Å²) < 4.78 is 10.4. The lowest BCUT2D eigenvalue weighted by atomic mass is 9.88. The third-order valence-corrected chi connectivity index (χ3v) is 6.81. The van der Waals surface area contributed by atoms with Crippen LogP contribution in [0.15, 0.2) is 35.1 Å². The number of aromatic nitrogens is 2. The molecule has 0 saturated carbocycles. The Morgan fingerprint density at radius 3 is 3.03 bits per heavy atom. The van der Waals surface area contributed by atoms with Gasteiger partial charge in [-0.15, -0.1) is 11.3 Å². The number of pyridine rings is 1. The monoisotopic (exact) mass is 479 g/mol. The average molecular weight is 480 g/mol. The number of rotatable bonds is 8. The number of nitriles is 1. The van der Waals surface area contributed by atoms with Gasteiger partial charge in [-0.1, -0.05) is 11.2 Å². The summed E-state index contributed by atoms with van der Waals surface area (Å²) in [4.78, 5) is 29.6. The summed E-state index contributed by atoms with van der Waals surface area (Å²) in [5, 5.41) is 19.7. The number of carbonyl (C=O) groups excluding carboxylic acids is 2. The van der Waals surface area contributed by atoms with Crippen LogP contribution in [0.4, 0.5) is 9.80 Å². The number of aryl methyl sites for hydroxylation is 2. The van der Waals surface area contributed by atoms with Crippen LogP contribution in [0, 0.1) is 24.2 Å². The Morgan fingerprint density at radius 2 is 2.29 bits per heavy atom. The van der Waals surface area contributed by atoms with Crippen LogP contribution in [-0.2, 0) is 35.3 Å². The van der Waals surface area contributed by atoms with Crippen molar-refractivity contribution < 1.29 is 18.8 Å². The van der Waals surface area contributed by atoms with Crippen LogP contribution in [0.2, 0.25) is 0 Å². The van der Waals surface area contributed by atoms with E-state index in [0.717, 1.165) is 22.4 Å². The van der Waals surface area contributed by atoms with Gasteiger partial charge in [0.15, 0.2) is 0 Å². The second-order valence-corrected chi connectivity index (χ2v) is 9.32. The first-order valence-electron chi connectivity index (χ1n) is 11.1. The Bertz CT molecular complexity index is 1200. The summed E-state index contributed by atoms with van der Waals surface area (Å²) >= 11 is 1.44. The minimum atomic E-state index is -0.503. The number of carbonyl (C=O) groups is 2. The number of fused-ring (bicyclic) bond motifs is 1. The van der Waals surface area contributed by atoms with Gasteiger partial charge in [-0.2, -0.15) is 5.26 Å². The molecular formula is C24H25N5O4S. The molecule has 1 unspecified atom stereocenters. The number of nitrogens with zero attached hydrogens (tertiary/aromatic N) is 3. The van der Waals surface area contributed by atoms with Gasteiger partial charge < -0.3 is 19.9 Å². The van der Waals surface area contributed by atoms with E-state index in [-0.39, 0.29) is 25.0 Å².